The molecule has 190 valence electrons. The lowest BCUT2D eigenvalue weighted by Gasteiger charge is -2.29. The summed E-state index contributed by atoms with van der Waals surface area (Å²) in [5.74, 6) is 0.187. The van der Waals surface area contributed by atoms with Crippen molar-refractivity contribution in [1.29, 1.82) is 0 Å². The molecule has 0 radical (unpaired) electrons. The number of carbonyl (C=O) groups is 1. The van der Waals surface area contributed by atoms with E-state index in [0.29, 0.717) is 23.3 Å². The van der Waals surface area contributed by atoms with Gasteiger partial charge in [-0.15, -0.1) is 0 Å². The number of hydrogen-bond donors (Lipinski definition) is 4. The molecule has 0 bridgehead atoms. The van der Waals surface area contributed by atoms with Gasteiger partial charge in [-0.25, -0.2) is 9.37 Å². The molecule has 0 unspecified atom stereocenters. The van der Waals surface area contributed by atoms with Crippen LogP contribution in [0, 0.1) is 5.82 Å². The van der Waals surface area contributed by atoms with Crippen molar-refractivity contribution in [2.45, 2.75) is 50.2 Å². The van der Waals surface area contributed by atoms with E-state index in [1.807, 2.05) is 7.05 Å². The molecule has 1 saturated carbocycles. The van der Waals surface area contributed by atoms with E-state index in [1.165, 1.54) is 19.2 Å². The molecule has 1 aromatic carbocycles. The highest BCUT2D eigenvalue weighted by Crippen LogP contribution is 2.32. The minimum absolute atomic E-state index is 0.0337. The maximum absolute atomic E-state index is 15.0. The quantitative estimate of drug-likeness (QED) is 0.396. The summed E-state index contributed by atoms with van der Waals surface area (Å²) in [7, 11) is 5.49. The molecule has 2 aliphatic rings. The van der Waals surface area contributed by atoms with Gasteiger partial charge in [0.05, 0.1) is 22.8 Å². The summed E-state index contributed by atoms with van der Waals surface area (Å²) in [6, 6.07) is 3.32. The first-order chi connectivity index (χ1) is 16.9. The Labute approximate surface area is 213 Å². The first-order valence-electron chi connectivity index (χ1n) is 12.0. The Hall–Kier alpha value is -2.50. The van der Waals surface area contributed by atoms with Gasteiger partial charge in [0.15, 0.2) is 0 Å². The van der Waals surface area contributed by atoms with Gasteiger partial charge in [-0.3, -0.25) is 4.79 Å². The minimum atomic E-state index is -0.642. The highest BCUT2D eigenvalue weighted by molar-refractivity contribution is 9.10. The van der Waals surface area contributed by atoms with Crippen LogP contribution in [0.4, 0.5) is 21.8 Å². The third kappa shape index (κ3) is 6.20. The summed E-state index contributed by atoms with van der Waals surface area (Å²) in [5.41, 5.74) is 0.285. The zero-order valence-corrected chi connectivity index (χ0v) is 21.9. The van der Waals surface area contributed by atoms with Crippen LogP contribution in [-0.2, 0) is 0 Å². The molecule has 9 nitrogen and oxygen atoms in total. The van der Waals surface area contributed by atoms with Crippen molar-refractivity contribution in [2.24, 2.45) is 0 Å². The Morgan fingerprint density at radius 1 is 1.20 bits per heavy atom. The number of ether oxygens (including phenoxy) is 1. The van der Waals surface area contributed by atoms with Crippen molar-refractivity contribution in [3.05, 3.63) is 34.2 Å². The van der Waals surface area contributed by atoms with E-state index in [1.54, 1.807) is 6.20 Å². The first-order valence-corrected chi connectivity index (χ1v) is 12.8. The Morgan fingerprint density at radius 2 is 1.94 bits per heavy atom. The molecule has 1 aliphatic carbocycles. The third-order valence-corrected chi connectivity index (χ3v) is 7.37. The average Bonchev–Trinajstić information content (AvgIpc) is 3.30. The Balaban J connectivity index is 1.49. The van der Waals surface area contributed by atoms with Crippen molar-refractivity contribution in [3.63, 3.8) is 0 Å². The van der Waals surface area contributed by atoms with Gasteiger partial charge in [0.1, 0.15) is 17.4 Å². The number of likely N-dealkylation sites (N-methyl/N-ethyl adjacent to an activating group) is 1. The van der Waals surface area contributed by atoms with Crippen LogP contribution < -0.4 is 26.0 Å². The summed E-state index contributed by atoms with van der Waals surface area (Å²) in [4.78, 5) is 23.9. The van der Waals surface area contributed by atoms with Gasteiger partial charge in [0, 0.05) is 30.4 Å². The molecule has 1 aliphatic heterocycles. The smallest absolute Gasteiger partial charge is 0.254 e. The maximum atomic E-state index is 15.0. The fourth-order valence-corrected chi connectivity index (χ4v) is 5.02. The second-order valence-corrected chi connectivity index (χ2v) is 10.0. The number of methoxy groups -OCH3 is 1. The Morgan fingerprint density at radius 3 is 2.66 bits per heavy atom. The third-order valence-electron chi connectivity index (χ3n) is 6.79. The molecule has 4 N–H and O–H groups in total. The number of nitrogens with one attached hydrogen (secondary N) is 4. The van der Waals surface area contributed by atoms with E-state index < -0.39 is 11.7 Å². The maximum Gasteiger partial charge on any atom is 0.254 e. The molecular formula is C24H33BrFN7O2. The van der Waals surface area contributed by atoms with Gasteiger partial charge >= 0.3 is 0 Å². The number of aromatic nitrogens is 2. The Bertz CT molecular complexity index is 1050. The molecule has 2 atom stereocenters. The highest BCUT2D eigenvalue weighted by Gasteiger charge is 2.27. The monoisotopic (exact) mass is 549 g/mol. The van der Waals surface area contributed by atoms with E-state index in [4.69, 9.17) is 4.74 Å². The number of nitrogens with zero attached hydrogens (tertiary/aromatic N) is 3. The summed E-state index contributed by atoms with van der Waals surface area (Å²) < 4.78 is 21.2. The highest BCUT2D eigenvalue weighted by atomic mass is 79.9. The number of amides is 1. The summed E-state index contributed by atoms with van der Waals surface area (Å²) >= 11 is 3.51. The molecule has 1 amide bonds. The zero-order valence-electron chi connectivity index (χ0n) is 20.3. The number of anilines is 3. The van der Waals surface area contributed by atoms with Crippen molar-refractivity contribution < 1.29 is 13.9 Å². The van der Waals surface area contributed by atoms with Crippen LogP contribution in [0.3, 0.4) is 0 Å². The van der Waals surface area contributed by atoms with E-state index in [0.717, 1.165) is 49.7 Å². The largest absolute Gasteiger partial charge is 0.495 e. The number of benzene rings is 1. The van der Waals surface area contributed by atoms with Gasteiger partial charge in [0.2, 0.25) is 5.95 Å². The van der Waals surface area contributed by atoms with E-state index in [9.17, 15) is 9.18 Å². The van der Waals surface area contributed by atoms with Crippen LogP contribution in [0.2, 0.25) is 0 Å². The van der Waals surface area contributed by atoms with Crippen LogP contribution in [0.15, 0.2) is 22.8 Å². The fraction of sp³-hybridized carbons (Fsp3) is 0.542. The van der Waals surface area contributed by atoms with Crippen molar-refractivity contribution in [2.75, 3.05) is 44.9 Å². The number of hydrogen-bond acceptors (Lipinski definition) is 8. The van der Waals surface area contributed by atoms with Crippen LogP contribution in [0.5, 0.6) is 5.75 Å². The van der Waals surface area contributed by atoms with Crippen molar-refractivity contribution >= 4 is 39.3 Å². The lowest BCUT2D eigenvalue weighted by Crippen LogP contribution is -2.43. The predicted octanol–water partition coefficient (Wildman–Crippen LogP) is 3.51. The molecule has 11 heteroatoms. The molecule has 1 aromatic heterocycles. The molecule has 2 aromatic rings. The molecular weight excluding hydrogens is 517 g/mol. The molecule has 35 heavy (non-hydrogen) atoms. The standard InChI is InChI=1S/C24H33BrFN7O2/c1-27-18-5-4-6-19(18)30-22-16(25)13-28-24(32-22)31-20-12-17(26)15(11-21(20)35-3)23(34)29-14-7-9-33(2)10-8-14/h11-14,18-19,27H,4-10H2,1-3H3,(H,29,34)(H2,28,30,31,32)/t18-,19-/m1/s1. The number of rotatable bonds is 8. The second kappa shape index (κ2) is 11.5. The summed E-state index contributed by atoms with van der Waals surface area (Å²) in [6.45, 7) is 1.81. The molecule has 0 spiro atoms. The molecule has 4 rings (SSSR count). The lowest BCUT2D eigenvalue weighted by molar-refractivity contribution is 0.0912. The number of carbonyl (C=O) groups excluding carboxylic acids is 1. The molecule has 2 fully saturated rings. The fourth-order valence-electron chi connectivity index (χ4n) is 4.71. The summed E-state index contributed by atoms with van der Waals surface area (Å²) in [6.07, 6.45) is 6.63. The van der Waals surface area contributed by atoms with Crippen molar-refractivity contribution in [1.82, 2.24) is 25.5 Å². The number of likely N-dealkylation sites (tertiary alicyclic amines) is 1. The topological polar surface area (TPSA) is 103 Å². The summed E-state index contributed by atoms with van der Waals surface area (Å²) in [5, 5.41) is 12.8. The SMILES string of the molecule is CN[C@@H]1CCC[C@H]1Nc1nc(Nc2cc(F)c(C(=O)NC3CCN(C)CC3)cc2OC)ncc1Br. The first kappa shape index (κ1) is 25.6. The average molecular weight is 550 g/mol. The number of piperidine rings is 1. The van der Waals surface area contributed by atoms with Gasteiger partial charge in [-0.1, -0.05) is 0 Å². The van der Waals surface area contributed by atoms with Gasteiger partial charge in [0.25, 0.3) is 5.91 Å². The van der Waals surface area contributed by atoms with Crippen LogP contribution in [0.1, 0.15) is 42.5 Å². The van der Waals surface area contributed by atoms with Crippen LogP contribution >= 0.6 is 15.9 Å². The normalized spacial score (nSPS) is 21.1. The van der Waals surface area contributed by atoms with E-state index in [2.05, 4.69) is 59.1 Å². The molecule has 1 saturated heterocycles. The number of halogens is 2. The van der Waals surface area contributed by atoms with Crippen LogP contribution in [0.25, 0.3) is 0 Å². The Kier molecular flexibility index (Phi) is 8.40. The van der Waals surface area contributed by atoms with Crippen molar-refractivity contribution in [3.8, 4) is 5.75 Å². The molecule has 2 heterocycles. The van der Waals surface area contributed by atoms with Gasteiger partial charge in [-0.2, -0.15) is 4.98 Å². The zero-order chi connectivity index (χ0) is 24.9. The van der Waals surface area contributed by atoms with Gasteiger partial charge < -0.3 is 30.9 Å². The van der Waals surface area contributed by atoms with Gasteiger partial charge in [-0.05, 0) is 81.3 Å². The van der Waals surface area contributed by atoms with Crippen LogP contribution in [-0.4, -0.2) is 73.2 Å². The van der Waals surface area contributed by atoms with E-state index in [-0.39, 0.29) is 23.6 Å². The minimum Gasteiger partial charge on any atom is -0.495 e. The second-order valence-electron chi connectivity index (χ2n) is 9.18. The lowest BCUT2D eigenvalue weighted by atomic mass is 10.0. The van der Waals surface area contributed by atoms with E-state index >= 15 is 0 Å². The predicted molar refractivity (Wildman–Crippen MR) is 138 cm³/mol.